The molecule has 6 rings (SSSR count). The lowest BCUT2D eigenvalue weighted by molar-refractivity contribution is -0.137. The average Bonchev–Trinajstić information content (AvgIpc) is 3.59. The van der Waals surface area contributed by atoms with E-state index < -0.39 is 11.7 Å². The first-order chi connectivity index (χ1) is 23.6. The number of likely N-dealkylation sites (N-methyl/N-ethyl adjacent to an activating group) is 1. The van der Waals surface area contributed by atoms with Gasteiger partial charge in [0, 0.05) is 44.7 Å². The predicted molar refractivity (Wildman–Crippen MR) is 181 cm³/mol. The predicted octanol–water partition coefficient (Wildman–Crippen LogP) is 6.80. The molecular weight excluding hydrogens is 639 g/mol. The van der Waals surface area contributed by atoms with Crippen molar-refractivity contribution in [2.75, 3.05) is 67.5 Å². The van der Waals surface area contributed by atoms with Crippen molar-refractivity contribution in [2.45, 2.75) is 18.6 Å². The van der Waals surface area contributed by atoms with Gasteiger partial charge in [-0.2, -0.15) is 13.2 Å². The van der Waals surface area contributed by atoms with E-state index in [0.29, 0.717) is 47.5 Å². The van der Waals surface area contributed by atoms with Crippen molar-refractivity contribution in [3.05, 3.63) is 96.8 Å². The van der Waals surface area contributed by atoms with Gasteiger partial charge >= 0.3 is 6.18 Å². The van der Waals surface area contributed by atoms with Crippen LogP contribution in [-0.4, -0.2) is 67.7 Å². The molecule has 1 unspecified atom stereocenters. The Morgan fingerprint density at radius 2 is 1.76 bits per heavy atom. The molecule has 0 radical (unpaired) electrons. The fourth-order valence-corrected chi connectivity index (χ4v) is 5.76. The first-order valence-electron chi connectivity index (χ1n) is 15.7. The van der Waals surface area contributed by atoms with Gasteiger partial charge in [0.25, 0.3) is 0 Å². The summed E-state index contributed by atoms with van der Waals surface area (Å²) in [5, 5.41) is 7.91. The number of methoxy groups -OCH3 is 1. The second-order valence-corrected chi connectivity index (χ2v) is 11.6. The van der Waals surface area contributed by atoms with Crippen molar-refractivity contribution >= 4 is 34.6 Å². The number of carbonyl (C=O) groups excluding carboxylic acids is 1. The highest BCUT2D eigenvalue weighted by atomic mass is 19.4. The van der Waals surface area contributed by atoms with Gasteiger partial charge in [0.15, 0.2) is 5.82 Å². The molecule has 2 fully saturated rings. The van der Waals surface area contributed by atoms with E-state index in [-0.39, 0.29) is 17.7 Å². The molecule has 3 aromatic carbocycles. The quantitative estimate of drug-likeness (QED) is 0.175. The van der Waals surface area contributed by atoms with Gasteiger partial charge in [0.05, 0.1) is 42.4 Å². The summed E-state index contributed by atoms with van der Waals surface area (Å²) in [4.78, 5) is 31.7. The minimum atomic E-state index is -4.48. The number of rotatable bonds is 10. The van der Waals surface area contributed by atoms with E-state index in [2.05, 4.69) is 44.0 Å². The molecule has 2 aliphatic rings. The molecule has 3 heterocycles. The number of hydrogen-bond acceptors (Lipinski definition) is 10. The lowest BCUT2D eigenvalue weighted by Gasteiger charge is -2.35. The third-order valence-electron chi connectivity index (χ3n) is 8.29. The average molecular weight is 676 g/mol. The van der Waals surface area contributed by atoms with Crippen molar-refractivity contribution in [3.8, 4) is 17.2 Å². The standard InChI is InChI=1S/C35H36F3N7O4/c1-4-34(46)42-27-19-28(31(47-3)20-30(27)44-14-12-43(2)13-15-44)41-32-21-33(40-22-39-32)45-29(11-16-48-45)23-7-5-9-25(17-23)49-26-10-6-8-24(18-26)35(36,37)38/h4-10,17-22,29H,1,11-16H2,2-3H3,(H,42,46)(H,39,40,41). The Hall–Kier alpha value is -5.34. The maximum absolute atomic E-state index is 13.2. The van der Waals surface area contributed by atoms with Crippen LogP contribution in [0.4, 0.5) is 41.9 Å². The maximum atomic E-state index is 13.2. The molecule has 49 heavy (non-hydrogen) atoms. The fraction of sp³-hybridized carbons (Fsp3) is 0.286. The summed E-state index contributed by atoms with van der Waals surface area (Å²) >= 11 is 0. The number of piperazine rings is 1. The molecule has 0 spiro atoms. The van der Waals surface area contributed by atoms with Crippen molar-refractivity contribution < 1.29 is 32.3 Å². The summed E-state index contributed by atoms with van der Waals surface area (Å²) in [5.41, 5.74) is 2.05. The largest absolute Gasteiger partial charge is 0.494 e. The maximum Gasteiger partial charge on any atom is 0.416 e. The van der Waals surface area contributed by atoms with E-state index in [1.807, 2.05) is 12.1 Å². The Morgan fingerprint density at radius 3 is 2.49 bits per heavy atom. The fourth-order valence-electron chi connectivity index (χ4n) is 5.76. The molecule has 0 bridgehead atoms. The highest BCUT2D eigenvalue weighted by molar-refractivity contribution is 6.02. The summed E-state index contributed by atoms with van der Waals surface area (Å²) in [6.07, 6.45) is -1.21. The van der Waals surface area contributed by atoms with E-state index >= 15 is 0 Å². The molecule has 1 amide bonds. The van der Waals surface area contributed by atoms with Gasteiger partial charge in [-0.05, 0) is 55.1 Å². The smallest absolute Gasteiger partial charge is 0.416 e. The molecule has 1 atom stereocenters. The number of nitrogens with zero attached hydrogens (tertiary/aromatic N) is 5. The number of amides is 1. The SMILES string of the molecule is C=CC(=O)Nc1cc(Nc2cc(N3OCCC3c3cccc(Oc4cccc(C(F)(F)F)c4)c3)ncn2)c(OC)cc1N1CCN(C)CC1. The molecule has 14 heteroatoms. The monoisotopic (exact) mass is 675 g/mol. The molecular formula is C35H36F3N7O4. The Balaban J connectivity index is 1.23. The van der Waals surface area contributed by atoms with Crippen LogP contribution in [0.1, 0.15) is 23.6 Å². The number of halogens is 3. The second kappa shape index (κ2) is 14.4. The van der Waals surface area contributed by atoms with Gasteiger partial charge in [-0.15, -0.1) is 0 Å². The van der Waals surface area contributed by atoms with Gasteiger partial charge in [-0.25, -0.2) is 15.0 Å². The third-order valence-corrected chi connectivity index (χ3v) is 8.29. The molecule has 11 nitrogen and oxygen atoms in total. The van der Waals surface area contributed by atoms with Crippen LogP contribution in [0, 0.1) is 0 Å². The number of nitrogens with one attached hydrogen (secondary N) is 2. The van der Waals surface area contributed by atoms with Gasteiger partial charge < -0.3 is 29.9 Å². The Labute approximate surface area is 281 Å². The summed E-state index contributed by atoms with van der Waals surface area (Å²) in [7, 11) is 3.65. The van der Waals surface area contributed by atoms with E-state index in [1.165, 1.54) is 24.5 Å². The van der Waals surface area contributed by atoms with E-state index in [1.54, 1.807) is 42.5 Å². The third kappa shape index (κ3) is 7.87. The highest BCUT2D eigenvalue weighted by Gasteiger charge is 2.32. The topological polar surface area (TPSA) is 104 Å². The van der Waals surface area contributed by atoms with Gasteiger partial charge in [0.1, 0.15) is 29.4 Å². The summed E-state index contributed by atoms with van der Waals surface area (Å²) < 4.78 is 51.2. The van der Waals surface area contributed by atoms with Crippen molar-refractivity contribution in [2.24, 2.45) is 0 Å². The van der Waals surface area contributed by atoms with Crippen LogP contribution in [0.3, 0.4) is 0 Å². The molecule has 1 aromatic heterocycles. The van der Waals surface area contributed by atoms with Crippen LogP contribution in [0.15, 0.2) is 85.7 Å². The molecule has 2 N–H and O–H groups in total. The first kappa shape index (κ1) is 33.6. The summed E-state index contributed by atoms with van der Waals surface area (Å²) in [5.74, 6) is 1.62. The Kier molecular flexibility index (Phi) is 9.87. The van der Waals surface area contributed by atoms with Gasteiger partial charge in [0.2, 0.25) is 5.91 Å². The number of anilines is 5. The molecule has 2 aliphatic heterocycles. The number of aromatic nitrogens is 2. The Morgan fingerprint density at radius 1 is 1.00 bits per heavy atom. The minimum Gasteiger partial charge on any atom is -0.494 e. The van der Waals surface area contributed by atoms with Crippen molar-refractivity contribution in [1.29, 1.82) is 0 Å². The molecule has 256 valence electrons. The lowest BCUT2D eigenvalue weighted by Crippen LogP contribution is -2.44. The normalized spacial score (nSPS) is 16.7. The number of benzene rings is 3. The Bertz CT molecular complexity index is 1810. The summed E-state index contributed by atoms with van der Waals surface area (Å²) in [6, 6.07) is 17.1. The van der Waals surface area contributed by atoms with E-state index in [0.717, 1.165) is 49.6 Å². The number of hydroxylamine groups is 1. The van der Waals surface area contributed by atoms with Crippen molar-refractivity contribution in [1.82, 2.24) is 14.9 Å². The number of carbonyl (C=O) groups is 1. The number of hydrogen-bond donors (Lipinski definition) is 2. The van der Waals surface area contributed by atoms with Gasteiger partial charge in [-0.3, -0.25) is 9.63 Å². The molecule has 0 aliphatic carbocycles. The highest BCUT2D eigenvalue weighted by Crippen LogP contribution is 2.40. The molecule has 0 saturated carbocycles. The van der Waals surface area contributed by atoms with Crippen LogP contribution in [-0.2, 0) is 15.8 Å². The number of alkyl halides is 3. The van der Waals surface area contributed by atoms with Gasteiger partial charge in [-0.1, -0.05) is 24.8 Å². The van der Waals surface area contributed by atoms with Crippen LogP contribution in [0.5, 0.6) is 17.2 Å². The molecule has 4 aromatic rings. The van der Waals surface area contributed by atoms with Crippen LogP contribution >= 0.6 is 0 Å². The van der Waals surface area contributed by atoms with E-state index in [4.69, 9.17) is 14.3 Å². The zero-order chi connectivity index (χ0) is 34.5. The lowest BCUT2D eigenvalue weighted by atomic mass is 10.0. The summed E-state index contributed by atoms with van der Waals surface area (Å²) in [6.45, 7) is 7.35. The first-order valence-corrected chi connectivity index (χ1v) is 15.7. The second-order valence-electron chi connectivity index (χ2n) is 11.6. The van der Waals surface area contributed by atoms with Crippen LogP contribution in [0.25, 0.3) is 0 Å². The zero-order valence-corrected chi connectivity index (χ0v) is 27.0. The van der Waals surface area contributed by atoms with E-state index in [9.17, 15) is 18.0 Å². The number of ether oxygens (including phenoxy) is 2. The zero-order valence-electron chi connectivity index (χ0n) is 27.0. The molecule has 2 saturated heterocycles. The van der Waals surface area contributed by atoms with Crippen LogP contribution in [0.2, 0.25) is 0 Å². The van der Waals surface area contributed by atoms with Crippen LogP contribution < -0.4 is 30.1 Å². The minimum absolute atomic E-state index is 0.0808. The van der Waals surface area contributed by atoms with Crippen molar-refractivity contribution in [3.63, 3.8) is 0 Å².